The molecule has 0 aromatic heterocycles. The molecule has 0 spiro atoms. The summed E-state index contributed by atoms with van der Waals surface area (Å²) < 4.78 is 5.25. The Hall–Kier alpha value is -4.66. The van der Waals surface area contributed by atoms with Crippen molar-refractivity contribution in [1.29, 1.82) is 0 Å². The van der Waals surface area contributed by atoms with Gasteiger partial charge in [0.2, 0.25) is 0 Å². The molecule has 1 heterocycles. The number of likely N-dealkylation sites (tertiary alicyclic amines) is 1. The normalized spacial score (nSPS) is 15.1. The van der Waals surface area contributed by atoms with Crippen LogP contribution in [-0.4, -0.2) is 52.7 Å². The number of nitrogens with zero attached hydrogens (tertiary/aromatic N) is 2. The second kappa shape index (κ2) is 12.7. The molecule has 0 saturated carbocycles. The number of hydrogen-bond donors (Lipinski definition) is 2. The van der Waals surface area contributed by atoms with Crippen LogP contribution in [0.1, 0.15) is 71.4 Å². The molecule has 4 rings (SSSR count). The summed E-state index contributed by atoms with van der Waals surface area (Å²) in [7, 11) is 0. The van der Waals surface area contributed by atoms with Crippen LogP contribution in [-0.2, 0) is 11.3 Å². The molecule has 1 atom stereocenters. The summed E-state index contributed by atoms with van der Waals surface area (Å²) in [4.78, 5) is 53.9. The second-order valence-electron chi connectivity index (χ2n) is 11.0. The molecule has 4 amide bonds. The molecular weight excluding hydrogens is 522 g/mol. The van der Waals surface area contributed by atoms with Gasteiger partial charge in [-0.3, -0.25) is 4.79 Å². The maximum absolute atomic E-state index is 13.9. The minimum absolute atomic E-state index is 0.0533. The summed E-state index contributed by atoms with van der Waals surface area (Å²) in [5.74, 6) is -1.48. The number of nitrogens with one attached hydrogen (secondary N) is 1. The number of amides is 4. The fourth-order valence-electron chi connectivity index (χ4n) is 4.74. The van der Waals surface area contributed by atoms with Crippen LogP contribution < -0.4 is 10.2 Å². The fraction of sp³-hybridized carbons (Fsp3) is 0.312. The number of carbonyl (C=O) groups excluding carboxylic acids is 3. The Morgan fingerprint density at radius 1 is 0.927 bits per heavy atom. The van der Waals surface area contributed by atoms with E-state index in [1.54, 1.807) is 49.9 Å². The molecule has 1 aliphatic heterocycles. The van der Waals surface area contributed by atoms with Crippen molar-refractivity contribution in [3.05, 3.63) is 101 Å². The van der Waals surface area contributed by atoms with Gasteiger partial charge in [0, 0.05) is 31.1 Å². The number of alkyl carbamates (subject to hydrolysis) is 1. The zero-order valence-corrected chi connectivity index (χ0v) is 23.5. The number of imide groups is 1. The molecule has 1 aliphatic rings. The van der Waals surface area contributed by atoms with Gasteiger partial charge in [0.05, 0.1) is 11.3 Å². The molecule has 9 nitrogen and oxygen atoms in total. The number of hydrogen-bond acceptors (Lipinski definition) is 5. The number of aromatic carboxylic acids is 1. The van der Waals surface area contributed by atoms with Crippen molar-refractivity contribution in [3.63, 3.8) is 0 Å². The molecule has 41 heavy (non-hydrogen) atoms. The van der Waals surface area contributed by atoms with Gasteiger partial charge in [-0.2, -0.15) is 0 Å². The van der Waals surface area contributed by atoms with Gasteiger partial charge in [0.1, 0.15) is 5.60 Å². The van der Waals surface area contributed by atoms with E-state index in [4.69, 9.17) is 4.74 Å². The molecule has 1 fully saturated rings. The number of rotatable bonds is 6. The predicted octanol–water partition coefficient (Wildman–Crippen LogP) is 6.06. The minimum Gasteiger partial charge on any atom is -0.478 e. The first-order valence-corrected chi connectivity index (χ1v) is 13.6. The lowest BCUT2D eigenvalue weighted by Gasteiger charge is -2.36. The first-order valence-electron chi connectivity index (χ1n) is 13.6. The van der Waals surface area contributed by atoms with Crippen molar-refractivity contribution in [2.24, 2.45) is 0 Å². The number of piperidine rings is 1. The van der Waals surface area contributed by atoms with Gasteiger partial charge in [-0.25, -0.2) is 19.3 Å². The lowest BCUT2D eigenvalue weighted by molar-refractivity contribution is 0.0522. The highest BCUT2D eigenvalue weighted by Gasteiger charge is 2.33. The predicted molar refractivity (Wildman–Crippen MR) is 155 cm³/mol. The van der Waals surface area contributed by atoms with E-state index in [1.807, 2.05) is 30.3 Å². The maximum Gasteiger partial charge on any atom is 0.407 e. The molecular formula is C32H35N3O6. The van der Waals surface area contributed by atoms with Crippen molar-refractivity contribution in [2.45, 2.75) is 51.7 Å². The van der Waals surface area contributed by atoms with E-state index in [0.717, 1.165) is 28.9 Å². The Morgan fingerprint density at radius 3 is 2.17 bits per heavy atom. The van der Waals surface area contributed by atoms with Crippen LogP contribution >= 0.6 is 0 Å². The molecule has 1 unspecified atom stereocenters. The van der Waals surface area contributed by atoms with Gasteiger partial charge in [-0.05, 0) is 81.1 Å². The summed E-state index contributed by atoms with van der Waals surface area (Å²) in [6.07, 6.45) is 1.19. The number of carboxylic acid groups (broad SMARTS) is 1. The number of anilines is 1. The number of ether oxygens (including phenoxy) is 1. The van der Waals surface area contributed by atoms with Crippen LogP contribution in [0.15, 0.2) is 78.9 Å². The third kappa shape index (κ3) is 7.72. The molecule has 0 bridgehead atoms. The van der Waals surface area contributed by atoms with Crippen LogP contribution in [0, 0.1) is 0 Å². The van der Waals surface area contributed by atoms with Crippen LogP contribution in [0.5, 0.6) is 0 Å². The first kappa shape index (κ1) is 29.3. The molecule has 0 radical (unpaired) electrons. The molecule has 3 aromatic carbocycles. The summed E-state index contributed by atoms with van der Waals surface area (Å²) in [6.45, 7) is 6.52. The molecule has 1 saturated heterocycles. The largest absolute Gasteiger partial charge is 0.478 e. The lowest BCUT2D eigenvalue weighted by Crippen LogP contribution is -2.49. The highest BCUT2D eigenvalue weighted by molar-refractivity contribution is 6.20. The van der Waals surface area contributed by atoms with E-state index in [0.29, 0.717) is 13.1 Å². The Balaban J connectivity index is 1.55. The third-order valence-electron chi connectivity index (χ3n) is 6.77. The number of carboxylic acids is 1. The quantitative estimate of drug-likeness (QED) is 0.381. The highest BCUT2D eigenvalue weighted by atomic mass is 16.6. The van der Waals surface area contributed by atoms with E-state index in [1.165, 1.54) is 24.3 Å². The number of carbonyl (C=O) groups is 4. The van der Waals surface area contributed by atoms with Crippen molar-refractivity contribution < 1.29 is 29.0 Å². The average molecular weight is 558 g/mol. The summed E-state index contributed by atoms with van der Waals surface area (Å²) in [5, 5.41) is 12.0. The first-order chi connectivity index (χ1) is 19.5. The van der Waals surface area contributed by atoms with Crippen LogP contribution in [0.2, 0.25) is 0 Å². The molecule has 214 valence electrons. The smallest absolute Gasteiger partial charge is 0.407 e. The number of urea groups is 1. The van der Waals surface area contributed by atoms with Crippen molar-refractivity contribution in [2.75, 3.05) is 18.0 Å². The van der Waals surface area contributed by atoms with E-state index in [2.05, 4.69) is 5.32 Å². The SMILES string of the molecule is CC(C)(C)OC(=O)NCc1ccc(C(=O)N(C(=O)N2CCCC(c3ccccc3)C2)c2ccc(C(=O)O)cc2)cc1. The van der Waals surface area contributed by atoms with Crippen LogP contribution in [0.25, 0.3) is 0 Å². The third-order valence-corrected chi connectivity index (χ3v) is 6.77. The van der Waals surface area contributed by atoms with E-state index in [9.17, 15) is 24.3 Å². The minimum atomic E-state index is -1.10. The summed E-state index contributed by atoms with van der Waals surface area (Å²) in [6, 6.07) is 21.8. The molecule has 2 N–H and O–H groups in total. The maximum atomic E-state index is 13.9. The summed E-state index contributed by atoms with van der Waals surface area (Å²) >= 11 is 0. The molecule has 3 aromatic rings. The Labute approximate surface area is 239 Å². The second-order valence-corrected chi connectivity index (χ2v) is 11.0. The number of benzene rings is 3. The molecule has 9 heteroatoms. The zero-order chi connectivity index (χ0) is 29.6. The average Bonchev–Trinajstić information content (AvgIpc) is 2.96. The van der Waals surface area contributed by atoms with Gasteiger partial charge in [0.25, 0.3) is 5.91 Å². The highest BCUT2D eigenvalue weighted by Crippen LogP contribution is 2.29. The molecule has 0 aliphatic carbocycles. The van der Waals surface area contributed by atoms with Crippen molar-refractivity contribution in [1.82, 2.24) is 10.2 Å². The standard InChI is InChI=1S/C32H35N3O6/c1-32(2,3)41-30(39)33-20-22-11-13-24(14-12-22)28(36)35(27-17-15-25(16-18-27)29(37)38)31(40)34-19-7-10-26(21-34)23-8-5-4-6-9-23/h4-6,8-9,11-18,26H,7,10,19-21H2,1-3H3,(H,33,39)(H,37,38). The van der Waals surface area contributed by atoms with Gasteiger partial charge in [0.15, 0.2) is 0 Å². The van der Waals surface area contributed by atoms with Gasteiger partial charge < -0.3 is 20.1 Å². The Kier molecular flexibility index (Phi) is 9.07. The van der Waals surface area contributed by atoms with Crippen molar-refractivity contribution in [3.8, 4) is 0 Å². The Bertz CT molecular complexity index is 1380. The van der Waals surface area contributed by atoms with E-state index < -0.39 is 29.6 Å². The van der Waals surface area contributed by atoms with Gasteiger partial charge in [-0.1, -0.05) is 42.5 Å². The summed E-state index contributed by atoms with van der Waals surface area (Å²) in [5.41, 5.74) is 1.88. The monoisotopic (exact) mass is 557 g/mol. The van der Waals surface area contributed by atoms with E-state index >= 15 is 0 Å². The van der Waals surface area contributed by atoms with Crippen LogP contribution in [0.3, 0.4) is 0 Å². The zero-order valence-electron chi connectivity index (χ0n) is 23.5. The van der Waals surface area contributed by atoms with Gasteiger partial charge in [-0.15, -0.1) is 0 Å². The van der Waals surface area contributed by atoms with Crippen molar-refractivity contribution >= 4 is 29.7 Å². The fourth-order valence-corrected chi connectivity index (χ4v) is 4.74. The van der Waals surface area contributed by atoms with Crippen LogP contribution in [0.4, 0.5) is 15.3 Å². The van der Waals surface area contributed by atoms with Gasteiger partial charge >= 0.3 is 18.1 Å². The Morgan fingerprint density at radius 2 is 1.56 bits per heavy atom. The topological polar surface area (TPSA) is 116 Å². The van der Waals surface area contributed by atoms with E-state index in [-0.39, 0.29) is 29.3 Å². The lowest BCUT2D eigenvalue weighted by atomic mass is 9.91.